The van der Waals surface area contributed by atoms with Crippen LogP contribution in [-0.4, -0.2) is 19.6 Å². The van der Waals surface area contributed by atoms with Crippen molar-refractivity contribution in [2.45, 2.75) is 26.2 Å². The maximum absolute atomic E-state index is 5.14. The second-order valence-electron chi connectivity index (χ2n) is 2.07. The van der Waals surface area contributed by atoms with Gasteiger partial charge >= 0.3 is 0 Å². The molecule has 0 fully saturated rings. The first-order valence-corrected chi connectivity index (χ1v) is 3.93. The molecule has 3 nitrogen and oxygen atoms in total. The second-order valence-corrected chi connectivity index (χ2v) is 2.07. The maximum Gasteiger partial charge on any atom is -0.00653 e. The van der Waals surface area contributed by atoms with Gasteiger partial charge in [-0.15, -0.1) is 0 Å². The molecule has 0 rings (SSSR count). The van der Waals surface area contributed by atoms with Gasteiger partial charge in [0.25, 0.3) is 0 Å². The molecule has 0 aliphatic rings. The van der Waals surface area contributed by atoms with Gasteiger partial charge in [0.15, 0.2) is 0 Å². The van der Waals surface area contributed by atoms with Crippen LogP contribution in [0.25, 0.3) is 0 Å². The monoisotopic (exact) mass is 147 g/mol. The van der Waals surface area contributed by atoms with Gasteiger partial charge in [0.05, 0.1) is 0 Å². The molecule has 0 aromatic carbocycles. The van der Waals surface area contributed by atoms with Gasteiger partial charge in [-0.1, -0.05) is 13.3 Å². The summed E-state index contributed by atoms with van der Waals surface area (Å²) in [4.78, 5) is 0. The average molecular weight is 147 g/mol. The zero-order chi connectivity index (χ0) is 8.24. The topological polar surface area (TPSA) is 78.1 Å². The Morgan fingerprint density at radius 3 is 1.20 bits per heavy atom. The van der Waals surface area contributed by atoms with Crippen molar-refractivity contribution in [1.82, 2.24) is 0 Å². The van der Waals surface area contributed by atoms with Gasteiger partial charge < -0.3 is 17.2 Å². The summed E-state index contributed by atoms with van der Waals surface area (Å²) in [5.41, 5.74) is 15.3. The minimum atomic E-state index is 0.719. The fourth-order valence-corrected chi connectivity index (χ4v) is 0.322. The molecule has 0 saturated heterocycles. The SMILES string of the molecule is CCCCN.NCCCN. The molecule has 0 heterocycles. The van der Waals surface area contributed by atoms with Crippen molar-refractivity contribution in [3.8, 4) is 0 Å². The molecular formula is C7H21N3. The highest BCUT2D eigenvalue weighted by Gasteiger charge is 1.68. The van der Waals surface area contributed by atoms with Crippen LogP contribution < -0.4 is 17.2 Å². The maximum atomic E-state index is 5.14. The summed E-state index contributed by atoms with van der Waals surface area (Å²) in [6.07, 6.45) is 3.33. The Balaban J connectivity index is 0. The van der Waals surface area contributed by atoms with Crippen molar-refractivity contribution >= 4 is 0 Å². The number of hydrogen-bond donors (Lipinski definition) is 3. The molecule has 0 spiro atoms. The molecule has 10 heavy (non-hydrogen) atoms. The van der Waals surface area contributed by atoms with Gasteiger partial charge in [0, 0.05) is 0 Å². The molecule has 0 saturated carbocycles. The van der Waals surface area contributed by atoms with Crippen molar-refractivity contribution in [2.75, 3.05) is 19.6 Å². The lowest BCUT2D eigenvalue weighted by Gasteiger charge is -1.81. The van der Waals surface area contributed by atoms with Gasteiger partial charge in [-0.25, -0.2) is 0 Å². The molecular weight excluding hydrogens is 126 g/mol. The molecule has 0 radical (unpaired) electrons. The highest BCUT2D eigenvalue weighted by atomic mass is 14.6. The van der Waals surface area contributed by atoms with Gasteiger partial charge in [0.1, 0.15) is 0 Å². The Morgan fingerprint density at radius 1 is 0.800 bits per heavy atom. The van der Waals surface area contributed by atoms with Crippen molar-refractivity contribution < 1.29 is 0 Å². The molecule has 6 N–H and O–H groups in total. The van der Waals surface area contributed by atoms with Crippen LogP contribution >= 0.6 is 0 Å². The second kappa shape index (κ2) is 15.9. The lowest BCUT2D eigenvalue weighted by molar-refractivity contribution is 0.807. The van der Waals surface area contributed by atoms with Crippen molar-refractivity contribution in [3.63, 3.8) is 0 Å². The zero-order valence-corrected chi connectivity index (χ0v) is 6.97. The van der Waals surface area contributed by atoms with Crippen LogP contribution in [0.1, 0.15) is 26.2 Å². The minimum absolute atomic E-state index is 0.719. The Kier molecular flexibility index (Phi) is 20.0. The summed E-state index contributed by atoms with van der Waals surface area (Å²) in [6, 6.07) is 0. The van der Waals surface area contributed by atoms with E-state index in [0.717, 1.165) is 26.1 Å². The molecule has 0 amide bonds. The highest BCUT2D eigenvalue weighted by molar-refractivity contribution is 4.33. The first-order chi connectivity index (χ1) is 4.83. The third-order valence-electron chi connectivity index (χ3n) is 0.966. The van der Waals surface area contributed by atoms with Crippen LogP contribution in [0, 0.1) is 0 Å². The number of rotatable bonds is 4. The summed E-state index contributed by atoms with van der Waals surface area (Å²) in [5, 5.41) is 0. The Hall–Kier alpha value is -0.120. The van der Waals surface area contributed by atoms with Crippen LogP contribution in [0.15, 0.2) is 0 Å². The predicted molar refractivity (Wildman–Crippen MR) is 46.7 cm³/mol. The number of hydrogen-bond acceptors (Lipinski definition) is 3. The largest absolute Gasteiger partial charge is 0.330 e. The Labute approximate surface area is 64.0 Å². The van der Waals surface area contributed by atoms with Gasteiger partial charge in [-0.05, 0) is 32.5 Å². The summed E-state index contributed by atoms with van der Waals surface area (Å²) >= 11 is 0. The van der Waals surface area contributed by atoms with Crippen LogP contribution in [0.2, 0.25) is 0 Å². The highest BCUT2D eigenvalue weighted by Crippen LogP contribution is 1.77. The van der Waals surface area contributed by atoms with E-state index in [1.807, 2.05) is 0 Å². The molecule has 0 aromatic heterocycles. The van der Waals surface area contributed by atoms with Gasteiger partial charge in [0.2, 0.25) is 0 Å². The fourth-order valence-electron chi connectivity index (χ4n) is 0.322. The van der Waals surface area contributed by atoms with Crippen LogP contribution in [0.5, 0.6) is 0 Å². The van der Waals surface area contributed by atoms with E-state index in [2.05, 4.69) is 6.92 Å². The number of unbranched alkanes of at least 4 members (excludes halogenated alkanes) is 1. The molecule has 0 atom stereocenters. The minimum Gasteiger partial charge on any atom is -0.330 e. The lowest BCUT2D eigenvalue weighted by atomic mass is 10.3. The quantitative estimate of drug-likeness (QED) is 0.525. The summed E-state index contributed by atoms with van der Waals surface area (Å²) in [7, 11) is 0. The molecule has 0 unspecified atom stereocenters. The van der Waals surface area contributed by atoms with E-state index in [4.69, 9.17) is 17.2 Å². The molecule has 0 aliphatic carbocycles. The summed E-state index contributed by atoms with van der Waals surface area (Å²) in [6.45, 7) is 4.41. The van der Waals surface area contributed by atoms with E-state index >= 15 is 0 Å². The van der Waals surface area contributed by atoms with Gasteiger partial charge in [-0.2, -0.15) is 0 Å². The smallest absolute Gasteiger partial charge is 0.00653 e. The first-order valence-electron chi connectivity index (χ1n) is 3.93. The van der Waals surface area contributed by atoms with Crippen molar-refractivity contribution in [1.29, 1.82) is 0 Å². The van der Waals surface area contributed by atoms with E-state index in [0.29, 0.717) is 0 Å². The molecule has 64 valence electrons. The fraction of sp³-hybridized carbons (Fsp3) is 1.00. The predicted octanol–water partition coefficient (Wildman–Crippen LogP) is 0.0391. The Morgan fingerprint density at radius 2 is 1.20 bits per heavy atom. The molecule has 3 heteroatoms. The average Bonchev–Trinajstić information content (AvgIpc) is 1.93. The van der Waals surface area contributed by atoms with Gasteiger partial charge in [-0.3, -0.25) is 0 Å². The molecule has 0 aliphatic heterocycles. The molecule has 0 bridgehead atoms. The van der Waals surface area contributed by atoms with E-state index < -0.39 is 0 Å². The van der Waals surface area contributed by atoms with Crippen LogP contribution in [0.4, 0.5) is 0 Å². The molecule has 0 aromatic rings. The normalized spacial score (nSPS) is 8.40. The standard InChI is InChI=1S/C4H11N.C3H10N2/c1-2-3-4-5;4-2-1-3-5/h2-5H2,1H3;1-5H2. The van der Waals surface area contributed by atoms with Crippen LogP contribution in [-0.2, 0) is 0 Å². The Bertz CT molecular complexity index is 29.8. The lowest BCUT2D eigenvalue weighted by Crippen LogP contribution is -2.06. The first kappa shape index (κ1) is 12.5. The summed E-state index contributed by atoms with van der Waals surface area (Å²) in [5.74, 6) is 0. The van der Waals surface area contributed by atoms with Crippen molar-refractivity contribution in [3.05, 3.63) is 0 Å². The van der Waals surface area contributed by atoms with E-state index in [1.54, 1.807) is 0 Å². The number of nitrogens with two attached hydrogens (primary N) is 3. The van der Waals surface area contributed by atoms with Crippen molar-refractivity contribution in [2.24, 2.45) is 17.2 Å². The summed E-state index contributed by atoms with van der Waals surface area (Å²) < 4.78 is 0. The van der Waals surface area contributed by atoms with E-state index in [1.165, 1.54) is 12.8 Å². The van der Waals surface area contributed by atoms with E-state index in [-0.39, 0.29) is 0 Å². The van der Waals surface area contributed by atoms with E-state index in [9.17, 15) is 0 Å². The third-order valence-corrected chi connectivity index (χ3v) is 0.966. The zero-order valence-electron chi connectivity index (χ0n) is 6.97. The van der Waals surface area contributed by atoms with Crippen LogP contribution in [0.3, 0.4) is 0 Å². The third kappa shape index (κ3) is 24.8.